The molecule has 0 heterocycles. The van der Waals surface area contributed by atoms with Gasteiger partial charge in [-0.25, -0.2) is 0 Å². The topological polar surface area (TPSA) is 96.0 Å². The smallest absolute Gasteiger partial charge is 0.303 e. The Bertz CT molecular complexity index is 1090. The van der Waals surface area contributed by atoms with Crippen molar-refractivity contribution in [2.45, 2.75) is 138 Å². The normalized spacial score (nSPS) is 42.5. The average Bonchev–Trinajstić information content (AvgIpc) is 3.20. The molecule has 10 atom stereocenters. The highest BCUT2D eigenvalue weighted by molar-refractivity contribution is 6.57. The van der Waals surface area contributed by atoms with E-state index < -0.39 is 11.3 Å². The van der Waals surface area contributed by atoms with E-state index in [1.54, 1.807) is 0 Å². The van der Waals surface area contributed by atoms with Crippen LogP contribution < -0.4 is 0 Å². The van der Waals surface area contributed by atoms with Crippen molar-refractivity contribution >= 4 is 31.4 Å². The van der Waals surface area contributed by atoms with Crippen LogP contribution in [0.3, 0.4) is 0 Å². The van der Waals surface area contributed by atoms with Crippen LogP contribution in [-0.4, -0.2) is 49.2 Å². The van der Waals surface area contributed by atoms with Gasteiger partial charge in [0.05, 0.1) is 5.68 Å². The van der Waals surface area contributed by atoms with Gasteiger partial charge in [0.15, 0.2) is 7.85 Å². The van der Waals surface area contributed by atoms with Gasteiger partial charge >= 0.3 is 17.9 Å². The molecule has 4 aliphatic rings. The van der Waals surface area contributed by atoms with Gasteiger partial charge in [-0.05, 0) is 92.8 Å². The molecule has 0 aliphatic heterocycles. The van der Waals surface area contributed by atoms with E-state index in [2.05, 4.69) is 34.6 Å². The van der Waals surface area contributed by atoms with E-state index in [-0.39, 0.29) is 70.0 Å². The Hall–Kier alpha value is -1.86. The van der Waals surface area contributed by atoms with Gasteiger partial charge in [0.25, 0.3) is 0 Å². The first-order valence-electron chi connectivity index (χ1n) is 15.6. The summed E-state index contributed by atoms with van der Waals surface area (Å²) in [7, 11) is 5.55. The van der Waals surface area contributed by atoms with Crippen LogP contribution in [0.4, 0.5) is 0 Å². The maximum absolute atomic E-state index is 12.6. The molecule has 41 heavy (non-hydrogen) atoms. The summed E-state index contributed by atoms with van der Waals surface area (Å²) in [6, 6.07) is 0. The van der Waals surface area contributed by atoms with Crippen molar-refractivity contribution in [2.24, 2.45) is 45.3 Å². The van der Waals surface area contributed by atoms with E-state index in [0.29, 0.717) is 18.3 Å². The lowest BCUT2D eigenvalue weighted by atomic mass is 9.35. The first kappa shape index (κ1) is 32.1. The van der Waals surface area contributed by atoms with Crippen molar-refractivity contribution in [1.29, 1.82) is 0 Å². The van der Waals surface area contributed by atoms with Gasteiger partial charge in [0, 0.05) is 38.0 Å². The standard InChI is InChI=1S/C33H51BO7/c1-19(35)39-23-18-25-30(6)14-12-26(40-20(2)36)29(4,5)24(30)11-16-31(25,7)32(8)15-10-22(28(23)32)33(9,41-21(3)37)17-13-27(34)38/h22-26,28H,10-18H2,1-9H3/t22?,23?,24?,25?,26-,28-,30-,31+,32+,33?/m0/s1. The Labute approximate surface area is 248 Å². The van der Waals surface area contributed by atoms with Gasteiger partial charge in [-0.1, -0.05) is 34.6 Å². The lowest BCUT2D eigenvalue weighted by Crippen LogP contribution is -2.67. The van der Waals surface area contributed by atoms with Crippen molar-refractivity contribution in [1.82, 2.24) is 0 Å². The second-order valence-corrected chi connectivity index (χ2v) is 15.4. The molecule has 7 nitrogen and oxygen atoms in total. The van der Waals surface area contributed by atoms with Crippen molar-refractivity contribution in [3.63, 3.8) is 0 Å². The Balaban J connectivity index is 1.77. The van der Waals surface area contributed by atoms with Crippen LogP contribution in [0.15, 0.2) is 0 Å². The second-order valence-electron chi connectivity index (χ2n) is 15.4. The fraction of sp³-hybridized carbons (Fsp3) is 0.879. The zero-order chi connectivity index (χ0) is 30.8. The predicted molar refractivity (Wildman–Crippen MR) is 156 cm³/mol. The van der Waals surface area contributed by atoms with Gasteiger partial charge in [0.2, 0.25) is 0 Å². The number of hydrogen-bond acceptors (Lipinski definition) is 7. The molecule has 4 rings (SSSR count). The fourth-order valence-electron chi connectivity index (χ4n) is 11.1. The third kappa shape index (κ3) is 5.17. The number of fused-ring (bicyclic) bond motifs is 5. The summed E-state index contributed by atoms with van der Waals surface area (Å²) in [6.07, 6.45) is 6.41. The first-order chi connectivity index (χ1) is 18.8. The molecule has 0 N–H and O–H groups in total. The van der Waals surface area contributed by atoms with Crippen LogP contribution in [0.2, 0.25) is 0 Å². The van der Waals surface area contributed by atoms with Gasteiger partial charge in [-0.2, -0.15) is 0 Å². The second kappa shape index (κ2) is 10.7. The summed E-state index contributed by atoms with van der Waals surface area (Å²) in [5.41, 5.74) is -1.69. The summed E-state index contributed by atoms with van der Waals surface area (Å²) < 4.78 is 18.1. The molecule has 0 bridgehead atoms. The fourth-order valence-corrected chi connectivity index (χ4v) is 11.1. The SMILES string of the molecule is [B]C(=O)CCC(C)(OC(C)=O)C1CC[C@]2(C)[C@@H]1C(OC(C)=O)CC1[C@@]3(C)CC[C@H](OC(C)=O)C(C)(C)C3CC[C@]12C. The summed E-state index contributed by atoms with van der Waals surface area (Å²) in [4.78, 5) is 48.7. The van der Waals surface area contributed by atoms with Crippen LogP contribution >= 0.6 is 0 Å². The van der Waals surface area contributed by atoms with Crippen molar-refractivity contribution in [3.8, 4) is 0 Å². The maximum Gasteiger partial charge on any atom is 0.303 e. The highest BCUT2D eigenvalue weighted by Crippen LogP contribution is 2.76. The molecular formula is C33H51BO7. The molecule has 228 valence electrons. The van der Waals surface area contributed by atoms with E-state index >= 15 is 0 Å². The summed E-state index contributed by atoms with van der Waals surface area (Å²) in [5.74, 6) is -0.317. The predicted octanol–water partition coefficient (Wildman–Crippen LogP) is 5.94. The summed E-state index contributed by atoms with van der Waals surface area (Å²) >= 11 is 0. The van der Waals surface area contributed by atoms with Gasteiger partial charge in [0.1, 0.15) is 17.8 Å². The Morgan fingerprint density at radius 2 is 1.41 bits per heavy atom. The van der Waals surface area contributed by atoms with Crippen molar-refractivity contribution in [2.75, 3.05) is 0 Å². The summed E-state index contributed by atoms with van der Waals surface area (Å²) in [5, 5.41) is 0. The van der Waals surface area contributed by atoms with Gasteiger partial charge in [-0.15, -0.1) is 0 Å². The lowest BCUT2D eigenvalue weighted by molar-refractivity contribution is -0.253. The molecule has 0 aromatic heterocycles. The zero-order valence-electron chi connectivity index (χ0n) is 26.8. The number of hydrogen-bond donors (Lipinski definition) is 0. The quantitative estimate of drug-likeness (QED) is 0.212. The van der Waals surface area contributed by atoms with Crippen LogP contribution in [0.25, 0.3) is 0 Å². The molecule has 0 aromatic carbocycles. The molecule has 0 spiro atoms. The molecule has 4 saturated carbocycles. The van der Waals surface area contributed by atoms with E-state index in [1.165, 1.54) is 20.8 Å². The average molecular weight is 571 g/mol. The zero-order valence-corrected chi connectivity index (χ0v) is 26.8. The van der Waals surface area contributed by atoms with Gasteiger partial charge < -0.3 is 19.0 Å². The van der Waals surface area contributed by atoms with Crippen molar-refractivity contribution in [3.05, 3.63) is 0 Å². The first-order valence-corrected chi connectivity index (χ1v) is 15.6. The number of carbonyl (C=O) groups is 4. The molecule has 8 heteroatoms. The number of esters is 3. The highest BCUT2D eigenvalue weighted by Gasteiger charge is 2.72. The maximum atomic E-state index is 12.6. The number of rotatable bonds is 7. The Morgan fingerprint density at radius 3 is 1.98 bits per heavy atom. The van der Waals surface area contributed by atoms with Crippen LogP contribution in [0.5, 0.6) is 0 Å². The minimum absolute atomic E-state index is 0.0111. The molecule has 0 amide bonds. The Kier molecular flexibility index (Phi) is 8.37. The van der Waals surface area contributed by atoms with E-state index in [1.807, 2.05) is 6.92 Å². The minimum atomic E-state index is -0.893. The van der Waals surface area contributed by atoms with E-state index in [9.17, 15) is 19.2 Å². The molecular weight excluding hydrogens is 519 g/mol. The molecule has 5 unspecified atom stereocenters. The number of carbonyl (C=O) groups excluding carboxylic acids is 4. The van der Waals surface area contributed by atoms with E-state index in [0.717, 1.165) is 44.9 Å². The largest absolute Gasteiger partial charge is 0.462 e. The van der Waals surface area contributed by atoms with Crippen LogP contribution in [-0.2, 0) is 33.4 Å². The molecule has 0 aromatic rings. The van der Waals surface area contributed by atoms with E-state index in [4.69, 9.17) is 22.1 Å². The lowest BCUT2D eigenvalue weighted by Gasteiger charge is -2.70. The van der Waals surface area contributed by atoms with Gasteiger partial charge in [-0.3, -0.25) is 14.4 Å². The minimum Gasteiger partial charge on any atom is -0.462 e. The summed E-state index contributed by atoms with van der Waals surface area (Å²) in [6.45, 7) is 18.1. The molecule has 0 saturated heterocycles. The third-order valence-electron chi connectivity index (χ3n) is 13.0. The highest BCUT2D eigenvalue weighted by atomic mass is 16.6. The van der Waals surface area contributed by atoms with Crippen molar-refractivity contribution < 1.29 is 33.4 Å². The molecule has 4 fully saturated rings. The van der Waals surface area contributed by atoms with Crippen LogP contribution in [0.1, 0.15) is 120 Å². The number of ether oxygens (including phenoxy) is 3. The monoisotopic (exact) mass is 570 g/mol. The molecule has 4 aliphatic carbocycles. The van der Waals surface area contributed by atoms with Crippen LogP contribution in [0, 0.1) is 45.3 Å². The Morgan fingerprint density at radius 1 is 0.805 bits per heavy atom. The third-order valence-corrected chi connectivity index (χ3v) is 13.0. The molecule has 2 radical (unpaired) electrons.